The van der Waals surface area contributed by atoms with E-state index in [1.54, 1.807) is 20.3 Å². The molecule has 0 aliphatic heterocycles. The van der Waals surface area contributed by atoms with Gasteiger partial charge in [0.2, 0.25) is 10.0 Å². The number of carbonyl (C=O) groups excluding carboxylic acids is 1. The van der Waals surface area contributed by atoms with Crippen LogP contribution in [0.1, 0.15) is 23.2 Å². The van der Waals surface area contributed by atoms with Crippen LogP contribution in [0.15, 0.2) is 52.7 Å². The molecule has 1 aromatic heterocycles. The number of nitrogens with one attached hydrogen (secondary N) is 2. The van der Waals surface area contributed by atoms with E-state index >= 15 is 0 Å². The summed E-state index contributed by atoms with van der Waals surface area (Å²) in [5, 5.41) is 5.01. The predicted molar refractivity (Wildman–Crippen MR) is 118 cm³/mol. The molecule has 1 fully saturated rings. The molecule has 3 aromatic rings. The molecule has 0 radical (unpaired) electrons. The second-order valence-electron chi connectivity index (χ2n) is 6.98. The maximum Gasteiger partial charge on any atom is 0.257 e. The molecular formula is C21H21N3O5S2. The Morgan fingerprint density at radius 3 is 2.42 bits per heavy atom. The molecule has 1 heterocycles. The summed E-state index contributed by atoms with van der Waals surface area (Å²) in [6.45, 7) is 0. The fraction of sp³-hybridized carbons (Fsp3) is 0.238. The topological polar surface area (TPSA) is 107 Å². The number of ether oxygens (including phenoxy) is 2. The lowest BCUT2D eigenvalue weighted by atomic mass is 10.1. The molecule has 8 nitrogen and oxygen atoms in total. The standard InChI is InChI=1S/C21H21N3O5S2/c1-28-18-10-5-14(11-19(18)29-2)17-12-30-21(22-17)23-20(25)13-3-8-16(9-4-13)31(26,27)24-15-6-7-15/h3-5,8-12,15,24H,6-7H2,1-2H3,(H,22,23,25). The molecule has 10 heteroatoms. The molecule has 1 amide bonds. The lowest BCUT2D eigenvalue weighted by Gasteiger charge is -2.08. The predicted octanol–water partition coefficient (Wildman–Crippen LogP) is 3.52. The number of amides is 1. The van der Waals surface area contributed by atoms with Crippen molar-refractivity contribution in [2.75, 3.05) is 19.5 Å². The van der Waals surface area contributed by atoms with E-state index in [1.165, 1.54) is 35.6 Å². The minimum atomic E-state index is -3.55. The fourth-order valence-corrected chi connectivity index (χ4v) is 4.92. The Morgan fingerprint density at radius 1 is 1.06 bits per heavy atom. The lowest BCUT2D eigenvalue weighted by Crippen LogP contribution is -2.25. The summed E-state index contributed by atoms with van der Waals surface area (Å²) in [6, 6.07) is 11.3. The summed E-state index contributed by atoms with van der Waals surface area (Å²) in [7, 11) is -0.416. The normalized spacial score (nSPS) is 13.6. The van der Waals surface area contributed by atoms with Gasteiger partial charge in [-0.2, -0.15) is 0 Å². The fourth-order valence-electron chi connectivity index (χ4n) is 2.90. The first kappa shape index (κ1) is 21.3. The zero-order valence-corrected chi connectivity index (χ0v) is 18.5. The summed E-state index contributed by atoms with van der Waals surface area (Å²) in [4.78, 5) is 17.1. The van der Waals surface area contributed by atoms with Crippen LogP contribution >= 0.6 is 11.3 Å². The third kappa shape index (κ3) is 4.87. The Hall–Kier alpha value is -2.95. The molecule has 2 aromatic carbocycles. The Balaban J connectivity index is 1.45. The number of carbonyl (C=O) groups is 1. The Bertz CT molecular complexity index is 1200. The van der Waals surface area contributed by atoms with Gasteiger partial charge in [-0.25, -0.2) is 18.1 Å². The van der Waals surface area contributed by atoms with Gasteiger partial charge in [0, 0.05) is 22.5 Å². The zero-order chi connectivity index (χ0) is 22.0. The van der Waals surface area contributed by atoms with E-state index in [9.17, 15) is 13.2 Å². The number of rotatable bonds is 8. The zero-order valence-electron chi connectivity index (χ0n) is 16.9. The molecule has 31 heavy (non-hydrogen) atoms. The largest absolute Gasteiger partial charge is 0.493 e. The van der Waals surface area contributed by atoms with E-state index in [0.29, 0.717) is 27.9 Å². The van der Waals surface area contributed by atoms with E-state index in [4.69, 9.17) is 9.47 Å². The second kappa shape index (κ2) is 8.66. The molecule has 1 saturated carbocycles. The molecule has 0 unspecified atom stereocenters. The van der Waals surface area contributed by atoms with Crippen molar-refractivity contribution in [2.24, 2.45) is 0 Å². The first-order valence-electron chi connectivity index (χ1n) is 9.51. The van der Waals surface area contributed by atoms with Gasteiger partial charge in [0.15, 0.2) is 16.6 Å². The lowest BCUT2D eigenvalue weighted by molar-refractivity contribution is 0.102. The summed E-state index contributed by atoms with van der Waals surface area (Å²) in [5.74, 6) is 0.838. The van der Waals surface area contributed by atoms with Crippen molar-refractivity contribution in [2.45, 2.75) is 23.8 Å². The van der Waals surface area contributed by atoms with Gasteiger partial charge in [0.25, 0.3) is 5.91 Å². The smallest absolute Gasteiger partial charge is 0.257 e. The third-order valence-electron chi connectivity index (χ3n) is 4.73. The van der Waals surface area contributed by atoms with Gasteiger partial charge >= 0.3 is 0 Å². The Labute approximate surface area is 184 Å². The Morgan fingerprint density at radius 2 is 1.77 bits per heavy atom. The number of hydrogen-bond acceptors (Lipinski definition) is 7. The number of aromatic nitrogens is 1. The SMILES string of the molecule is COc1ccc(-c2csc(NC(=O)c3ccc(S(=O)(=O)NC4CC4)cc3)n2)cc1OC. The molecule has 0 spiro atoms. The highest BCUT2D eigenvalue weighted by molar-refractivity contribution is 7.89. The second-order valence-corrected chi connectivity index (χ2v) is 9.55. The highest BCUT2D eigenvalue weighted by atomic mass is 32.2. The molecule has 1 aliphatic rings. The minimum absolute atomic E-state index is 0.0257. The van der Waals surface area contributed by atoms with Gasteiger partial charge in [-0.1, -0.05) is 0 Å². The highest BCUT2D eigenvalue weighted by Gasteiger charge is 2.28. The Kier molecular flexibility index (Phi) is 5.94. The van der Waals surface area contributed by atoms with E-state index in [2.05, 4.69) is 15.0 Å². The monoisotopic (exact) mass is 459 g/mol. The molecule has 1 aliphatic carbocycles. The minimum Gasteiger partial charge on any atom is -0.493 e. The van der Waals surface area contributed by atoms with Crippen molar-refractivity contribution in [3.63, 3.8) is 0 Å². The number of methoxy groups -OCH3 is 2. The van der Waals surface area contributed by atoms with Crippen LogP contribution in [0.4, 0.5) is 5.13 Å². The first-order chi connectivity index (χ1) is 14.9. The van der Waals surface area contributed by atoms with Crippen molar-refractivity contribution in [3.05, 3.63) is 53.4 Å². The molecular weight excluding hydrogens is 438 g/mol. The summed E-state index contributed by atoms with van der Waals surface area (Å²) in [6.07, 6.45) is 1.72. The molecule has 0 bridgehead atoms. The average Bonchev–Trinajstić information content (AvgIpc) is 3.46. The van der Waals surface area contributed by atoms with Gasteiger partial charge in [0.05, 0.1) is 24.8 Å². The summed E-state index contributed by atoms with van der Waals surface area (Å²) < 4.78 is 37.7. The van der Waals surface area contributed by atoms with Crippen LogP contribution in [0.3, 0.4) is 0 Å². The van der Waals surface area contributed by atoms with Crippen LogP contribution in [0, 0.1) is 0 Å². The molecule has 2 N–H and O–H groups in total. The number of nitrogens with zero attached hydrogens (tertiary/aromatic N) is 1. The van der Waals surface area contributed by atoms with Crippen LogP contribution in [0.25, 0.3) is 11.3 Å². The number of benzene rings is 2. The highest BCUT2D eigenvalue weighted by Crippen LogP contribution is 2.33. The number of thiazole rings is 1. The van der Waals surface area contributed by atoms with E-state index < -0.39 is 10.0 Å². The maximum absolute atomic E-state index is 12.5. The molecule has 0 saturated heterocycles. The van der Waals surface area contributed by atoms with Gasteiger partial charge in [-0.05, 0) is 55.3 Å². The number of sulfonamides is 1. The van der Waals surface area contributed by atoms with Gasteiger partial charge in [-0.3, -0.25) is 10.1 Å². The van der Waals surface area contributed by atoms with Crippen LogP contribution in [0.5, 0.6) is 11.5 Å². The average molecular weight is 460 g/mol. The number of anilines is 1. The third-order valence-corrected chi connectivity index (χ3v) is 7.02. The van der Waals surface area contributed by atoms with E-state index in [0.717, 1.165) is 18.4 Å². The van der Waals surface area contributed by atoms with Crippen molar-refractivity contribution in [1.82, 2.24) is 9.71 Å². The summed E-state index contributed by atoms with van der Waals surface area (Å²) >= 11 is 1.29. The van der Waals surface area contributed by atoms with Crippen molar-refractivity contribution < 1.29 is 22.7 Å². The molecule has 4 rings (SSSR count). The van der Waals surface area contributed by atoms with Crippen molar-refractivity contribution in [1.29, 1.82) is 0 Å². The van der Waals surface area contributed by atoms with Crippen molar-refractivity contribution in [3.8, 4) is 22.8 Å². The van der Waals surface area contributed by atoms with E-state index in [1.807, 2.05) is 17.5 Å². The quantitative estimate of drug-likeness (QED) is 0.534. The van der Waals surface area contributed by atoms with Crippen LogP contribution in [0.2, 0.25) is 0 Å². The van der Waals surface area contributed by atoms with Crippen LogP contribution < -0.4 is 19.5 Å². The number of hydrogen-bond donors (Lipinski definition) is 2. The van der Waals surface area contributed by atoms with E-state index in [-0.39, 0.29) is 16.8 Å². The molecule has 162 valence electrons. The molecule has 0 atom stereocenters. The van der Waals surface area contributed by atoms with Gasteiger partial charge in [-0.15, -0.1) is 11.3 Å². The van der Waals surface area contributed by atoms with Gasteiger partial charge in [0.1, 0.15) is 0 Å². The van der Waals surface area contributed by atoms with Crippen molar-refractivity contribution >= 4 is 32.4 Å². The first-order valence-corrected chi connectivity index (χ1v) is 11.9. The van der Waals surface area contributed by atoms with Crippen LogP contribution in [-0.4, -0.2) is 39.6 Å². The van der Waals surface area contributed by atoms with Crippen LogP contribution in [-0.2, 0) is 10.0 Å². The summed E-state index contributed by atoms with van der Waals surface area (Å²) in [5.41, 5.74) is 1.86. The van der Waals surface area contributed by atoms with Gasteiger partial charge < -0.3 is 9.47 Å². The maximum atomic E-state index is 12.5.